The molecule has 20 heavy (non-hydrogen) atoms. The molecule has 0 heterocycles. The van der Waals surface area contributed by atoms with Crippen LogP contribution in [0.1, 0.15) is 19.4 Å². The maximum absolute atomic E-state index is 10.5. The summed E-state index contributed by atoms with van der Waals surface area (Å²) in [6.07, 6.45) is 2.74. The molecule has 1 N–H and O–H groups in total. The van der Waals surface area contributed by atoms with Gasteiger partial charge in [-0.25, -0.2) is 4.79 Å². The van der Waals surface area contributed by atoms with Crippen LogP contribution in [0.5, 0.6) is 11.5 Å². The van der Waals surface area contributed by atoms with Gasteiger partial charge in [-0.2, -0.15) is 0 Å². The minimum atomic E-state index is -0.991. The van der Waals surface area contributed by atoms with Crippen molar-refractivity contribution in [3.8, 4) is 11.5 Å². The predicted octanol–water partition coefficient (Wildman–Crippen LogP) is 2.60. The molecule has 0 fully saturated rings. The number of aliphatic carboxylic acids is 1. The molecule has 0 radical (unpaired) electrons. The van der Waals surface area contributed by atoms with Gasteiger partial charge in [0.2, 0.25) is 0 Å². The summed E-state index contributed by atoms with van der Waals surface area (Å²) in [6, 6.07) is 5.23. The van der Waals surface area contributed by atoms with Crippen LogP contribution >= 0.6 is 0 Å². The molecule has 1 rings (SSSR count). The predicted molar refractivity (Wildman–Crippen MR) is 76.2 cm³/mol. The number of carboxylic acids is 1. The summed E-state index contributed by atoms with van der Waals surface area (Å²) in [6.45, 7) is 4.86. The molecule has 0 aromatic heterocycles. The minimum Gasteiger partial charge on any atom is -0.493 e. The second-order valence-corrected chi connectivity index (χ2v) is 4.35. The van der Waals surface area contributed by atoms with Gasteiger partial charge in [-0.3, -0.25) is 0 Å². The van der Waals surface area contributed by atoms with Gasteiger partial charge in [-0.15, -0.1) is 0 Å². The highest BCUT2D eigenvalue weighted by molar-refractivity contribution is 5.85. The molecular weight excluding hydrogens is 260 g/mol. The molecule has 0 aliphatic rings. The van der Waals surface area contributed by atoms with Crippen molar-refractivity contribution in [1.29, 1.82) is 0 Å². The van der Waals surface area contributed by atoms with Gasteiger partial charge in [0.05, 0.1) is 19.8 Å². The van der Waals surface area contributed by atoms with Gasteiger partial charge >= 0.3 is 5.97 Å². The summed E-state index contributed by atoms with van der Waals surface area (Å²) in [5.74, 6) is 0.171. The van der Waals surface area contributed by atoms with Crippen molar-refractivity contribution in [3.05, 3.63) is 29.8 Å². The average molecular weight is 280 g/mol. The first-order valence-electron chi connectivity index (χ1n) is 6.36. The fourth-order valence-electron chi connectivity index (χ4n) is 1.51. The Morgan fingerprint density at radius 3 is 2.65 bits per heavy atom. The molecule has 0 bridgehead atoms. The van der Waals surface area contributed by atoms with E-state index >= 15 is 0 Å². The first kappa shape index (κ1) is 16.0. The van der Waals surface area contributed by atoms with Crippen molar-refractivity contribution in [3.63, 3.8) is 0 Å². The topological polar surface area (TPSA) is 65.0 Å². The fourth-order valence-corrected chi connectivity index (χ4v) is 1.51. The third kappa shape index (κ3) is 5.75. The highest BCUT2D eigenvalue weighted by Crippen LogP contribution is 2.28. The van der Waals surface area contributed by atoms with Crippen molar-refractivity contribution in [2.75, 3.05) is 20.3 Å². The van der Waals surface area contributed by atoms with Gasteiger partial charge < -0.3 is 19.3 Å². The summed E-state index contributed by atoms with van der Waals surface area (Å²) in [5, 5.41) is 8.59. The van der Waals surface area contributed by atoms with E-state index in [1.165, 1.54) is 13.2 Å². The SMILES string of the molecule is COc1cc(C=CC(=O)O)ccc1OCCOC(C)C. The number of carboxylic acid groups (broad SMARTS) is 1. The molecule has 0 saturated heterocycles. The Hall–Kier alpha value is -2.01. The molecule has 1 aromatic rings. The lowest BCUT2D eigenvalue weighted by Gasteiger charge is -2.12. The molecule has 0 spiro atoms. The Morgan fingerprint density at radius 1 is 1.30 bits per heavy atom. The highest BCUT2D eigenvalue weighted by Gasteiger charge is 2.05. The van der Waals surface area contributed by atoms with E-state index in [4.69, 9.17) is 19.3 Å². The molecule has 0 saturated carbocycles. The molecular formula is C15H20O5. The standard InChI is InChI=1S/C15H20O5/c1-11(2)19-8-9-20-13-6-4-12(5-7-15(16)17)10-14(13)18-3/h4-7,10-11H,8-9H2,1-3H3,(H,16,17). The molecule has 1 aromatic carbocycles. The van der Waals surface area contributed by atoms with Gasteiger partial charge in [0.15, 0.2) is 11.5 Å². The zero-order valence-corrected chi connectivity index (χ0v) is 12.0. The molecule has 110 valence electrons. The summed E-state index contributed by atoms with van der Waals surface area (Å²) in [5.41, 5.74) is 0.732. The van der Waals surface area contributed by atoms with Crippen LogP contribution in [0, 0.1) is 0 Å². The lowest BCUT2D eigenvalue weighted by atomic mass is 10.2. The second kappa shape index (κ2) is 8.22. The summed E-state index contributed by atoms with van der Waals surface area (Å²) in [4.78, 5) is 10.5. The second-order valence-electron chi connectivity index (χ2n) is 4.35. The van der Waals surface area contributed by atoms with Crippen LogP contribution in [0.15, 0.2) is 24.3 Å². The Balaban J connectivity index is 2.65. The Morgan fingerprint density at radius 2 is 2.05 bits per heavy atom. The van der Waals surface area contributed by atoms with Crippen LogP contribution in [0.2, 0.25) is 0 Å². The van der Waals surface area contributed by atoms with Gasteiger partial charge in [0, 0.05) is 6.08 Å². The molecule has 5 nitrogen and oxygen atoms in total. The highest BCUT2D eigenvalue weighted by atomic mass is 16.5. The number of ether oxygens (including phenoxy) is 3. The number of methoxy groups -OCH3 is 1. The van der Waals surface area contributed by atoms with Crippen LogP contribution in [0.25, 0.3) is 6.08 Å². The van der Waals surface area contributed by atoms with Crippen molar-refractivity contribution < 1.29 is 24.1 Å². The van der Waals surface area contributed by atoms with E-state index in [-0.39, 0.29) is 6.10 Å². The quantitative estimate of drug-likeness (QED) is 0.585. The number of hydrogen-bond acceptors (Lipinski definition) is 4. The van der Waals surface area contributed by atoms with Gasteiger partial charge in [-0.05, 0) is 37.6 Å². The number of carbonyl (C=O) groups is 1. The summed E-state index contributed by atoms with van der Waals surface area (Å²) >= 11 is 0. The summed E-state index contributed by atoms with van der Waals surface area (Å²) in [7, 11) is 1.54. The van der Waals surface area contributed by atoms with Crippen LogP contribution in [-0.2, 0) is 9.53 Å². The normalized spacial score (nSPS) is 11.0. The van der Waals surface area contributed by atoms with Crippen LogP contribution in [0.4, 0.5) is 0 Å². The first-order valence-corrected chi connectivity index (χ1v) is 6.36. The summed E-state index contributed by atoms with van der Waals surface area (Å²) < 4.78 is 16.2. The molecule has 0 atom stereocenters. The van der Waals surface area contributed by atoms with E-state index in [0.717, 1.165) is 11.6 Å². The molecule has 5 heteroatoms. The van der Waals surface area contributed by atoms with E-state index < -0.39 is 5.97 Å². The van der Waals surface area contributed by atoms with E-state index in [0.29, 0.717) is 24.7 Å². The zero-order valence-electron chi connectivity index (χ0n) is 12.0. The van der Waals surface area contributed by atoms with Crippen molar-refractivity contribution >= 4 is 12.0 Å². The van der Waals surface area contributed by atoms with Crippen LogP contribution in [0.3, 0.4) is 0 Å². The van der Waals surface area contributed by atoms with Crippen molar-refractivity contribution in [2.24, 2.45) is 0 Å². The minimum absolute atomic E-state index is 0.170. The maximum atomic E-state index is 10.5. The van der Waals surface area contributed by atoms with Gasteiger partial charge in [0.25, 0.3) is 0 Å². The zero-order chi connectivity index (χ0) is 15.0. The lowest BCUT2D eigenvalue weighted by Crippen LogP contribution is -2.11. The van der Waals surface area contributed by atoms with E-state index in [2.05, 4.69) is 0 Å². The molecule has 0 aliphatic carbocycles. The monoisotopic (exact) mass is 280 g/mol. The van der Waals surface area contributed by atoms with E-state index in [9.17, 15) is 4.79 Å². The number of hydrogen-bond donors (Lipinski definition) is 1. The average Bonchev–Trinajstić information content (AvgIpc) is 2.41. The maximum Gasteiger partial charge on any atom is 0.328 e. The molecule has 0 aliphatic heterocycles. The molecule has 0 unspecified atom stereocenters. The number of benzene rings is 1. The van der Waals surface area contributed by atoms with E-state index in [1.807, 2.05) is 13.8 Å². The van der Waals surface area contributed by atoms with Gasteiger partial charge in [-0.1, -0.05) is 6.07 Å². The third-order valence-electron chi connectivity index (χ3n) is 2.40. The van der Waals surface area contributed by atoms with E-state index in [1.54, 1.807) is 18.2 Å². The van der Waals surface area contributed by atoms with Gasteiger partial charge in [0.1, 0.15) is 6.61 Å². The smallest absolute Gasteiger partial charge is 0.328 e. The molecule has 0 amide bonds. The Bertz CT molecular complexity index is 465. The van der Waals surface area contributed by atoms with Crippen LogP contribution < -0.4 is 9.47 Å². The fraction of sp³-hybridized carbons (Fsp3) is 0.400. The van der Waals surface area contributed by atoms with Crippen molar-refractivity contribution in [2.45, 2.75) is 20.0 Å². The van der Waals surface area contributed by atoms with Crippen LogP contribution in [-0.4, -0.2) is 37.5 Å². The van der Waals surface area contributed by atoms with Crippen molar-refractivity contribution in [1.82, 2.24) is 0 Å². The number of rotatable bonds is 8. The Kier molecular flexibility index (Phi) is 6.59. The largest absolute Gasteiger partial charge is 0.493 e. The first-order chi connectivity index (χ1) is 9.52. The third-order valence-corrected chi connectivity index (χ3v) is 2.40. The Labute approximate surface area is 118 Å². The lowest BCUT2D eigenvalue weighted by molar-refractivity contribution is -0.131.